The minimum Gasteiger partial charge on any atom is -0.460 e. The molecular formula is C27H50N2O11. The standard InChI is InChI=1S/C27H50N2O11/c1-3-27(30)40-25-24-39-23-22-36-15-13-33-9-7-29-5-4-28(26-29)6-8-32-12-14-35-18-19-38-21-20-37-17-16-34-11-10-31-2/h3-5H,1,6-26H2,2H3. The van der Waals surface area contributed by atoms with Crippen LogP contribution in [-0.4, -0.2) is 162 Å². The second kappa shape index (κ2) is 28.7. The van der Waals surface area contributed by atoms with Crippen LogP contribution in [0.2, 0.25) is 0 Å². The molecule has 13 heteroatoms. The van der Waals surface area contributed by atoms with Crippen molar-refractivity contribution in [2.45, 2.75) is 0 Å². The number of rotatable bonds is 31. The van der Waals surface area contributed by atoms with E-state index in [2.05, 4.69) is 28.8 Å². The summed E-state index contributed by atoms with van der Waals surface area (Å²) in [5.74, 6) is -0.450. The van der Waals surface area contributed by atoms with Gasteiger partial charge < -0.3 is 57.2 Å². The predicted octanol–water partition coefficient (Wildman–Crippen LogP) is 0.541. The van der Waals surface area contributed by atoms with Crippen molar-refractivity contribution in [2.24, 2.45) is 0 Å². The molecule has 1 heterocycles. The van der Waals surface area contributed by atoms with Crippen LogP contribution in [0.15, 0.2) is 25.1 Å². The molecule has 0 bridgehead atoms. The van der Waals surface area contributed by atoms with Gasteiger partial charge in [-0.3, -0.25) is 0 Å². The molecule has 0 N–H and O–H groups in total. The highest BCUT2D eigenvalue weighted by Crippen LogP contribution is 2.05. The van der Waals surface area contributed by atoms with E-state index in [0.717, 1.165) is 25.8 Å². The van der Waals surface area contributed by atoms with Gasteiger partial charge in [-0.15, -0.1) is 0 Å². The molecule has 0 saturated carbocycles. The van der Waals surface area contributed by atoms with E-state index >= 15 is 0 Å². The summed E-state index contributed by atoms with van der Waals surface area (Å²) in [5, 5.41) is 0. The first-order chi connectivity index (χ1) is 19.8. The molecule has 234 valence electrons. The second-order valence-corrected chi connectivity index (χ2v) is 8.33. The van der Waals surface area contributed by atoms with E-state index in [1.54, 1.807) is 7.11 Å². The van der Waals surface area contributed by atoms with Gasteiger partial charge in [-0.25, -0.2) is 4.79 Å². The van der Waals surface area contributed by atoms with Crippen LogP contribution >= 0.6 is 0 Å². The van der Waals surface area contributed by atoms with Gasteiger partial charge in [0.2, 0.25) is 0 Å². The van der Waals surface area contributed by atoms with Crippen LogP contribution in [0, 0.1) is 0 Å². The number of methoxy groups -OCH3 is 1. The van der Waals surface area contributed by atoms with Gasteiger partial charge >= 0.3 is 5.97 Å². The minimum atomic E-state index is -0.450. The fourth-order valence-electron chi connectivity index (χ4n) is 3.10. The Morgan fingerprint density at radius 2 is 0.900 bits per heavy atom. The lowest BCUT2D eigenvalue weighted by atomic mass is 10.6. The molecule has 0 spiro atoms. The van der Waals surface area contributed by atoms with Crippen molar-refractivity contribution in [2.75, 3.05) is 146 Å². The third kappa shape index (κ3) is 24.0. The number of nitrogens with zero attached hydrogens (tertiary/aromatic N) is 2. The van der Waals surface area contributed by atoms with Crippen LogP contribution < -0.4 is 0 Å². The fourth-order valence-corrected chi connectivity index (χ4v) is 3.10. The van der Waals surface area contributed by atoms with Crippen LogP contribution in [-0.2, 0) is 52.2 Å². The van der Waals surface area contributed by atoms with E-state index in [1.165, 1.54) is 0 Å². The highest BCUT2D eigenvalue weighted by molar-refractivity contribution is 5.81. The fraction of sp³-hybridized carbons (Fsp3) is 0.815. The van der Waals surface area contributed by atoms with E-state index in [-0.39, 0.29) is 6.61 Å². The van der Waals surface area contributed by atoms with Crippen LogP contribution in [0.5, 0.6) is 0 Å². The van der Waals surface area contributed by atoms with E-state index in [0.29, 0.717) is 112 Å². The molecule has 0 aliphatic carbocycles. The SMILES string of the molecule is C=CC(=O)OCCOCCOCCOCCN1C=CN(CCOCCOCCOCCOCCOCCOC)C1. The Kier molecular flexibility index (Phi) is 26.0. The zero-order valence-electron chi connectivity index (χ0n) is 24.2. The first kappa shape index (κ1) is 36.2. The molecule has 1 aliphatic rings. The van der Waals surface area contributed by atoms with Gasteiger partial charge in [0.15, 0.2) is 0 Å². The Bertz CT molecular complexity index is 613. The summed E-state index contributed by atoms with van der Waals surface area (Å²) in [7, 11) is 1.65. The van der Waals surface area contributed by atoms with Crippen LogP contribution in [0.1, 0.15) is 0 Å². The molecule has 0 radical (unpaired) electrons. The van der Waals surface area contributed by atoms with Crippen molar-refractivity contribution in [3.8, 4) is 0 Å². The molecule has 0 atom stereocenters. The van der Waals surface area contributed by atoms with Crippen LogP contribution in [0.3, 0.4) is 0 Å². The Hall–Kier alpha value is -1.81. The molecule has 0 amide bonds. The number of carbonyl (C=O) groups excluding carboxylic acids is 1. The smallest absolute Gasteiger partial charge is 0.330 e. The summed E-state index contributed by atoms with van der Waals surface area (Å²) < 4.78 is 53.4. The average molecular weight is 579 g/mol. The summed E-state index contributed by atoms with van der Waals surface area (Å²) >= 11 is 0. The van der Waals surface area contributed by atoms with Crippen LogP contribution in [0.4, 0.5) is 0 Å². The van der Waals surface area contributed by atoms with Gasteiger partial charge in [-0.1, -0.05) is 6.58 Å². The van der Waals surface area contributed by atoms with E-state index in [9.17, 15) is 4.79 Å². The molecule has 40 heavy (non-hydrogen) atoms. The largest absolute Gasteiger partial charge is 0.460 e. The maximum atomic E-state index is 10.9. The Morgan fingerprint density at radius 3 is 1.25 bits per heavy atom. The van der Waals surface area contributed by atoms with Gasteiger partial charge in [-0.05, 0) is 0 Å². The third-order valence-electron chi connectivity index (χ3n) is 5.20. The second-order valence-electron chi connectivity index (χ2n) is 8.33. The summed E-state index contributed by atoms with van der Waals surface area (Å²) in [5.41, 5.74) is 0. The zero-order valence-corrected chi connectivity index (χ0v) is 24.2. The van der Waals surface area contributed by atoms with Crippen molar-refractivity contribution >= 4 is 5.97 Å². The molecule has 0 unspecified atom stereocenters. The van der Waals surface area contributed by atoms with Crippen molar-refractivity contribution in [3.63, 3.8) is 0 Å². The quantitative estimate of drug-likeness (QED) is 0.0648. The maximum Gasteiger partial charge on any atom is 0.330 e. The molecule has 1 rings (SSSR count). The Labute approximate surface area is 239 Å². The van der Waals surface area contributed by atoms with E-state index in [1.807, 2.05) is 0 Å². The Balaban J connectivity index is 1.75. The first-order valence-electron chi connectivity index (χ1n) is 13.8. The predicted molar refractivity (Wildman–Crippen MR) is 147 cm³/mol. The van der Waals surface area contributed by atoms with Gasteiger partial charge in [0.25, 0.3) is 0 Å². The normalized spacial score (nSPS) is 12.9. The summed E-state index contributed by atoms with van der Waals surface area (Å²) in [6, 6.07) is 0. The lowest BCUT2D eigenvalue weighted by Gasteiger charge is -2.21. The molecule has 13 nitrogen and oxygen atoms in total. The van der Waals surface area contributed by atoms with Crippen molar-refractivity contribution < 1.29 is 52.2 Å². The lowest BCUT2D eigenvalue weighted by molar-refractivity contribution is -0.139. The van der Waals surface area contributed by atoms with Crippen molar-refractivity contribution in [1.82, 2.24) is 9.80 Å². The third-order valence-corrected chi connectivity index (χ3v) is 5.20. The monoisotopic (exact) mass is 578 g/mol. The van der Waals surface area contributed by atoms with Crippen molar-refractivity contribution in [1.29, 1.82) is 0 Å². The summed E-state index contributed by atoms with van der Waals surface area (Å²) in [6.07, 6.45) is 5.25. The van der Waals surface area contributed by atoms with Gasteiger partial charge in [0.05, 0.1) is 119 Å². The molecule has 0 aromatic heterocycles. The number of hydrogen-bond acceptors (Lipinski definition) is 13. The molecule has 1 aliphatic heterocycles. The topological polar surface area (TPSA) is 116 Å². The highest BCUT2D eigenvalue weighted by Gasteiger charge is 2.11. The van der Waals surface area contributed by atoms with Gasteiger partial charge in [0, 0.05) is 38.7 Å². The molecule has 0 fully saturated rings. The number of carbonyl (C=O) groups is 1. The maximum absolute atomic E-state index is 10.9. The first-order valence-corrected chi connectivity index (χ1v) is 13.8. The summed E-state index contributed by atoms with van der Waals surface area (Å²) in [6.45, 7) is 15.1. The lowest BCUT2D eigenvalue weighted by Crippen LogP contribution is -2.30. The molecular weight excluding hydrogens is 528 g/mol. The van der Waals surface area contributed by atoms with Gasteiger partial charge in [0.1, 0.15) is 6.61 Å². The van der Waals surface area contributed by atoms with E-state index in [4.69, 9.17) is 47.4 Å². The number of ether oxygens (including phenoxy) is 10. The van der Waals surface area contributed by atoms with Crippen molar-refractivity contribution in [3.05, 3.63) is 25.1 Å². The number of hydrogen-bond donors (Lipinski definition) is 0. The van der Waals surface area contributed by atoms with Gasteiger partial charge in [-0.2, -0.15) is 0 Å². The molecule has 0 aromatic carbocycles. The minimum absolute atomic E-state index is 0.209. The molecule has 0 saturated heterocycles. The molecule has 0 aromatic rings. The average Bonchev–Trinajstić information content (AvgIpc) is 3.42. The van der Waals surface area contributed by atoms with Crippen LogP contribution in [0.25, 0.3) is 0 Å². The summed E-state index contributed by atoms with van der Waals surface area (Å²) in [4.78, 5) is 15.3. The number of esters is 1. The highest BCUT2D eigenvalue weighted by atomic mass is 16.6. The zero-order chi connectivity index (χ0) is 28.8. The Morgan fingerprint density at radius 1 is 0.575 bits per heavy atom. The van der Waals surface area contributed by atoms with E-state index < -0.39 is 5.97 Å².